The van der Waals surface area contributed by atoms with Gasteiger partial charge in [-0.25, -0.2) is 4.98 Å². The van der Waals surface area contributed by atoms with E-state index in [0.29, 0.717) is 45.8 Å². The summed E-state index contributed by atoms with van der Waals surface area (Å²) in [4.78, 5) is 40.4. The molecular weight excluding hydrogens is 478 g/mol. The first-order chi connectivity index (χ1) is 18.7. The molecule has 1 aliphatic heterocycles. The van der Waals surface area contributed by atoms with E-state index in [1.807, 2.05) is 24.0 Å². The fraction of sp³-hybridized carbons (Fsp3) is 0.400. The summed E-state index contributed by atoms with van der Waals surface area (Å²) in [5.41, 5.74) is 2.80. The van der Waals surface area contributed by atoms with Crippen molar-refractivity contribution >= 4 is 11.8 Å². The Kier molecular flexibility index (Phi) is 10.4. The van der Waals surface area contributed by atoms with Gasteiger partial charge in [0.15, 0.2) is 0 Å². The minimum absolute atomic E-state index is 0.0716. The van der Waals surface area contributed by atoms with Gasteiger partial charge >= 0.3 is 0 Å². The summed E-state index contributed by atoms with van der Waals surface area (Å²) in [6.07, 6.45) is 5.50. The molecule has 8 nitrogen and oxygen atoms in total. The molecule has 0 atom stereocenters. The first-order valence-electron chi connectivity index (χ1n) is 13.4. The highest BCUT2D eigenvalue weighted by molar-refractivity contribution is 5.92. The number of hydrogen-bond acceptors (Lipinski definition) is 6. The van der Waals surface area contributed by atoms with E-state index in [0.717, 1.165) is 13.1 Å². The summed E-state index contributed by atoms with van der Waals surface area (Å²) in [6.45, 7) is 6.91. The summed E-state index contributed by atoms with van der Waals surface area (Å²) in [5.74, 6) is -0.136. The average Bonchev–Trinajstić information content (AvgIpc) is 2.98. The predicted octanol–water partition coefficient (Wildman–Crippen LogP) is 3.67. The lowest BCUT2D eigenvalue weighted by Gasteiger charge is -2.40. The molecule has 0 saturated carbocycles. The highest BCUT2D eigenvalue weighted by atomic mass is 16.5. The van der Waals surface area contributed by atoms with Crippen LogP contribution in [0.2, 0.25) is 0 Å². The van der Waals surface area contributed by atoms with Gasteiger partial charge in [-0.3, -0.25) is 19.5 Å². The van der Waals surface area contributed by atoms with Gasteiger partial charge in [0.1, 0.15) is 5.69 Å². The topological polar surface area (TPSA) is 78.9 Å². The highest BCUT2D eigenvalue weighted by Gasteiger charge is 2.28. The van der Waals surface area contributed by atoms with E-state index < -0.39 is 0 Å². The molecule has 2 heterocycles. The van der Waals surface area contributed by atoms with E-state index in [1.165, 1.54) is 23.5 Å². The Morgan fingerprint density at radius 1 is 0.921 bits per heavy atom. The van der Waals surface area contributed by atoms with Crippen LogP contribution >= 0.6 is 0 Å². The molecule has 0 aliphatic carbocycles. The van der Waals surface area contributed by atoms with E-state index in [1.54, 1.807) is 11.1 Å². The largest absolute Gasteiger partial charge is 0.382 e. The van der Waals surface area contributed by atoms with Gasteiger partial charge in [0.2, 0.25) is 5.91 Å². The number of amides is 2. The van der Waals surface area contributed by atoms with Gasteiger partial charge in [0.05, 0.1) is 12.2 Å². The number of benzene rings is 2. The Bertz CT molecular complexity index is 1080. The Labute approximate surface area is 225 Å². The summed E-state index contributed by atoms with van der Waals surface area (Å²) in [5, 5.41) is 0. The third kappa shape index (κ3) is 7.46. The average molecular weight is 516 g/mol. The normalized spacial score (nSPS) is 14.0. The predicted molar refractivity (Wildman–Crippen MR) is 147 cm³/mol. The smallest absolute Gasteiger partial charge is 0.274 e. The molecule has 0 spiro atoms. The van der Waals surface area contributed by atoms with Crippen LogP contribution in [-0.4, -0.2) is 89.0 Å². The van der Waals surface area contributed by atoms with Crippen LogP contribution in [0, 0.1) is 0 Å². The summed E-state index contributed by atoms with van der Waals surface area (Å²) >= 11 is 0. The lowest BCUT2D eigenvalue weighted by Crippen LogP contribution is -2.50. The molecule has 0 N–H and O–H groups in total. The zero-order valence-electron chi connectivity index (χ0n) is 22.1. The van der Waals surface area contributed by atoms with Crippen LogP contribution in [0.3, 0.4) is 0 Å². The van der Waals surface area contributed by atoms with Crippen molar-refractivity contribution < 1.29 is 14.3 Å². The zero-order chi connectivity index (χ0) is 26.6. The lowest BCUT2D eigenvalue weighted by atomic mass is 9.96. The van der Waals surface area contributed by atoms with Crippen molar-refractivity contribution in [1.29, 1.82) is 0 Å². The van der Waals surface area contributed by atoms with Gasteiger partial charge in [-0.1, -0.05) is 60.7 Å². The highest BCUT2D eigenvalue weighted by Crippen LogP contribution is 2.29. The van der Waals surface area contributed by atoms with Crippen LogP contribution in [0.1, 0.15) is 47.4 Å². The number of nitrogens with zero attached hydrogens (tertiary/aromatic N) is 5. The van der Waals surface area contributed by atoms with Crippen molar-refractivity contribution in [3.8, 4) is 0 Å². The van der Waals surface area contributed by atoms with Crippen LogP contribution in [0.15, 0.2) is 79.3 Å². The van der Waals surface area contributed by atoms with Crippen LogP contribution in [-0.2, 0) is 9.53 Å². The van der Waals surface area contributed by atoms with Crippen molar-refractivity contribution in [2.45, 2.75) is 25.8 Å². The van der Waals surface area contributed by atoms with Gasteiger partial charge in [-0.05, 0) is 24.5 Å². The maximum atomic E-state index is 13.2. The first-order valence-corrected chi connectivity index (χ1v) is 13.4. The zero-order valence-corrected chi connectivity index (χ0v) is 22.1. The van der Waals surface area contributed by atoms with Crippen LogP contribution in [0.5, 0.6) is 0 Å². The lowest BCUT2D eigenvalue weighted by molar-refractivity contribution is -0.133. The van der Waals surface area contributed by atoms with Crippen molar-refractivity contribution in [1.82, 2.24) is 24.7 Å². The summed E-state index contributed by atoms with van der Waals surface area (Å²) in [7, 11) is 0. The second-order valence-electron chi connectivity index (χ2n) is 9.32. The fourth-order valence-corrected chi connectivity index (χ4v) is 4.89. The molecule has 200 valence electrons. The molecule has 0 radical (unpaired) electrons. The first kappa shape index (κ1) is 27.4. The number of ether oxygens (including phenoxy) is 1. The maximum Gasteiger partial charge on any atom is 0.274 e. The molecule has 1 saturated heterocycles. The standard InChI is InChI=1S/C30H37N5O3/c1-2-38-23-9-17-35(30(37)27-24-31-15-16-32-27)18-14-28(36)33-19-21-34(22-20-33)29(25-10-5-3-6-11-25)26-12-7-4-8-13-26/h3-8,10-13,15-16,24,29H,2,9,14,17-23H2,1H3. The monoisotopic (exact) mass is 515 g/mol. The van der Waals surface area contributed by atoms with E-state index in [4.69, 9.17) is 4.74 Å². The molecule has 1 aliphatic rings. The fourth-order valence-electron chi connectivity index (χ4n) is 4.89. The Hall–Kier alpha value is -3.62. The van der Waals surface area contributed by atoms with Gasteiger partial charge < -0.3 is 14.5 Å². The van der Waals surface area contributed by atoms with Crippen molar-refractivity contribution in [2.24, 2.45) is 0 Å². The maximum absolute atomic E-state index is 13.2. The minimum Gasteiger partial charge on any atom is -0.382 e. The Balaban J connectivity index is 1.35. The molecule has 1 fully saturated rings. The molecule has 3 aromatic rings. The molecule has 1 aromatic heterocycles. The Morgan fingerprint density at radius 3 is 2.16 bits per heavy atom. The molecule has 2 amide bonds. The van der Waals surface area contributed by atoms with Crippen LogP contribution in [0.4, 0.5) is 0 Å². The van der Waals surface area contributed by atoms with Crippen molar-refractivity contribution in [3.63, 3.8) is 0 Å². The number of rotatable bonds is 12. The third-order valence-corrected chi connectivity index (χ3v) is 6.85. The van der Waals surface area contributed by atoms with E-state index in [2.05, 4.69) is 63.4 Å². The number of hydrogen-bond donors (Lipinski definition) is 0. The number of carbonyl (C=O) groups excluding carboxylic acids is 2. The molecule has 0 bridgehead atoms. The van der Waals surface area contributed by atoms with Gasteiger partial charge in [-0.15, -0.1) is 0 Å². The molecule has 8 heteroatoms. The Morgan fingerprint density at radius 2 is 1.58 bits per heavy atom. The number of aromatic nitrogens is 2. The molecule has 2 aromatic carbocycles. The van der Waals surface area contributed by atoms with Gasteiger partial charge in [0, 0.05) is 71.3 Å². The minimum atomic E-state index is -0.208. The third-order valence-electron chi connectivity index (χ3n) is 6.85. The summed E-state index contributed by atoms with van der Waals surface area (Å²) < 4.78 is 5.44. The molecule has 0 unspecified atom stereocenters. The quantitative estimate of drug-likeness (QED) is 0.343. The van der Waals surface area contributed by atoms with Crippen LogP contribution < -0.4 is 0 Å². The van der Waals surface area contributed by atoms with E-state index >= 15 is 0 Å². The van der Waals surface area contributed by atoms with E-state index in [-0.39, 0.29) is 30.0 Å². The summed E-state index contributed by atoms with van der Waals surface area (Å²) in [6, 6.07) is 21.2. The van der Waals surface area contributed by atoms with Crippen LogP contribution in [0.25, 0.3) is 0 Å². The van der Waals surface area contributed by atoms with Crippen molar-refractivity contribution in [2.75, 3.05) is 52.5 Å². The second-order valence-corrected chi connectivity index (χ2v) is 9.32. The number of piperazine rings is 1. The molecule has 38 heavy (non-hydrogen) atoms. The molecular formula is C30H37N5O3. The van der Waals surface area contributed by atoms with Gasteiger partial charge in [0.25, 0.3) is 5.91 Å². The number of carbonyl (C=O) groups is 2. The SMILES string of the molecule is CCOCCCN(CCC(=O)N1CCN(C(c2ccccc2)c2ccccc2)CC1)C(=O)c1cnccn1. The van der Waals surface area contributed by atoms with Crippen molar-refractivity contribution in [3.05, 3.63) is 96.1 Å². The van der Waals surface area contributed by atoms with Gasteiger partial charge in [-0.2, -0.15) is 0 Å². The second kappa shape index (κ2) is 14.4. The molecule has 4 rings (SSSR count). The van der Waals surface area contributed by atoms with E-state index in [9.17, 15) is 9.59 Å².